The molecule has 2 fully saturated rings. The molecule has 0 radical (unpaired) electrons. The van der Waals surface area contributed by atoms with E-state index in [0.717, 1.165) is 38.0 Å². The van der Waals surface area contributed by atoms with Gasteiger partial charge < -0.3 is 25.2 Å². The molecule has 7 heteroatoms. The molecule has 0 bridgehead atoms. The lowest BCUT2D eigenvalue weighted by Crippen LogP contribution is -2.58. The number of aryl methyl sites for hydroxylation is 3. The van der Waals surface area contributed by atoms with E-state index >= 15 is 0 Å². The van der Waals surface area contributed by atoms with E-state index in [1.807, 2.05) is 0 Å². The first kappa shape index (κ1) is 22.5. The Bertz CT molecular complexity index is 914. The number of ether oxygens (including phenoxy) is 1. The minimum Gasteiger partial charge on any atom is -0.461 e. The number of esters is 1. The molecule has 174 valence electrons. The highest BCUT2D eigenvalue weighted by molar-refractivity contribution is 5.89. The van der Waals surface area contributed by atoms with Crippen molar-refractivity contribution in [3.8, 4) is 0 Å². The predicted octanol–water partition coefficient (Wildman–Crippen LogP) is 3.17. The Labute approximate surface area is 191 Å². The van der Waals surface area contributed by atoms with Crippen LogP contribution in [0.25, 0.3) is 0 Å². The van der Waals surface area contributed by atoms with Gasteiger partial charge >= 0.3 is 5.97 Å². The van der Waals surface area contributed by atoms with Crippen LogP contribution >= 0.6 is 0 Å². The molecule has 1 atom stereocenters. The van der Waals surface area contributed by atoms with Gasteiger partial charge in [-0.3, -0.25) is 4.79 Å². The van der Waals surface area contributed by atoms with Crippen molar-refractivity contribution in [2.45, 2.75) is 66.1 Å². The average Bonchev–Trinajstić information content (AvgIpc) is 3.50. The molecular weight excluding hydrogens is 404 g/mol. The third kappa shape index (κ3) is 4.30. The van der Waals surface area contributed by atoms with E-state index in [2.05, 4.69) is 54.5 Å². The molecule has 1 aromatic carbocycles. The molecule has 7 nitrogen and oxygen atoms in total. The number of allylic oxidation sites excluding steroid dienone is 1. The molecule has 1 amide bonds. The molecule has 32 heavy (non-hydrogen) atoms. The van der Waals surface area contributed by atoms with Gasteiger partial charge in [-0.25, -0.2) is 4.79 Å². The van der Waals surface area contributed by atoms with Crippen LogP contribution < -0.4 is 10.6 Å². The van der Waals surface area contributed by atoms with Crippen LogP contribution in [0, 0.1) is 26.7 Å². The summed E-state index contributed by atoms with van der Waals surface area (Å²) >= 11 is 0. The quantitative estimate of drug-likeness (QED) is 0.626. The van der Waals surface area contributed by atoms with Gasteiger partial charge in [0, 0.05) is 37.4 Å². The highest BCUT2D eigenvalue weighted by atomic mass is 16.5. The number of fused-ring (bicyclic) bond motifs is 1. The van der Waals surface area contributed by atoms with Crippen molar-refractivity contribution in [3.63, 3.8) is 0 Å². The topological polar surface area (TPSA) is 79.1 Å². The average molecular weight is 441 g/mol. The normalized spacial score (nSPS) is 20.6. The Morgan fingerprint density at radius 2 is 1.75 bits per heavy atom. The van der Waals surface area contributed by atoms with Crippen LogP contribution in [0.3, 0.4) is 0 Å². The van der Waals surface area contributed by atoms with E-state index in [-0.39, 0.29) is 24.6 Å². The summed E-state index contributed by atoms with van der Waals surface area (Å²) in [7, 11) is 0. The van der Waals surface area contributed by atoms with Gasteiger partial charge in [-0.1, -0.05) is 24.6 Å². The molecular formula is C25H36N4O3. The van der Waals surface area contributed by atoms with Crippen LogP contribution in [0.2, 0.25) is 0 Å². The second-order valence-corrected chi connectivity index (χ2v) is 9.43. The zero-order valence-electron chi connectivity index (χ0n) is 19.8. The molecule has 1 saturated heterocycles. The standard InChI is InChI=1S/C25H36N4O3/c1-5-20-23(24(31)32-15-19-7-8-19)29-11-6-10-28(25(29)27(20)12-9-21(26)30)22-17(3)13-16(2)14-18(22)4/h13-14,19,25H,5-12,15H2,1-4H3,(H2,26,30). The summed E-state index contributed by atoms with van der Waals surface area (Å²) in [4.78, 5) is 31.7. The van der Waals surface area contributed by atoms with Gasteiger partial charge in [0.2, 0.25) is 5.91 Å². The lowest BCUT2D eigenvalue weighted by atomic mass is 10.0. The van der Waals surface area contributed by atoms with Crippen molar-refractivity contribution in [1.82, 2.24) is 9.80 Å². The highest BCUT2D eigenvalue weighted by Crippen LogP contribution is 2.41. The number of rotatable bonds is 8. The Morgan fingerprint density at radius 1 is 1.09 bits per heavy atom. The van der Waals surface area contributed by atoms with Crippen LogP contribution in [-0.2, 0) is 14.3 Å². The van der Waals surface area contributed by atoms with Gasteiger partial charge in [-0.05, 0) is 63.5 Å². The largest absolute Gasteiger partial charge is 0.461 e. The second kappa shape index (κ2) is 9.04. The lowest BCUT2D eigenvalue weighted by Gasteiger charge is -2.47. The Kier molecular flexibility index (Phi) is 6.35. The van der Waals surface area contributed by atoms with Crippen molar-refractivity contribution in [2.24, 2.45) is 11.7 Å². The highest BCUT2D eigenvalue weighted by Gasteiger charge is 2.46. The van der Waals surface area contributed by atoms with Crippen molar-refractivity contribution in [2.75, 3.05) is 31.1 Å². The molecule has 2 heterocycles. The third-order valence-electron chi connectivity index (χ3n) is 6.74. The summed E-state index contributed by atoms with van der Waals surface area (Å²) < 4.78 is 5.73. The van der Waals surface area contributed by atoms with Crippen LogP contribution in [0.5, 0.6) is 0 Å². The molecule has 2 N–H and O–H groups in total. The number of nitrogens with two attached hydrogens (primary N) is 1. The Hall–Kier alpha value is -2.70. The van der Waals surface area contributed by atoms with Gasteiger partial charge in [0.25, 0.3) is 0 Å². The molecule has 4 rings (SSSR count). The molecule has 2 aliphatic heterocycles. The van der Waals surface area contributed by atoms with Gasteiger partial charge in [0.05, 0.1) is 6.61 Å². The fourth-order valence-electron chi connectivity index (χ4n) is 5.30. The first-order valence-electron chi connectivity index (χ1n) is 11.9. The van der Waals surface area contributed by atoms with Crippen LogP contribution in [-0.4, -0.2) is 54.2 Å². The van der Waals surface area contributed by atoms with Crippen molar-refractivity contribution in [3.05, 3.63) is 40.2 Å². The van der Waals surface area contributed by atoms with Crippen molar-refractivity contribution in [1.29, 1.82) is 0 Å². The zero-order valence-corrected chi connectivity index (χ0v) is 19.8. The molecule has 1 saturated carbocycles. The number of carbonyl (C=O) groups is 2. The fraction of sp³-hybridized carbons (Fsp3) is 0.600. The molecule has 3 aliphatic rings. The zero-order chi connectivity index (χ0) is 23.0. The molecule has 1 aromatic rings. The van der Waals surface area contributed by atoms with E-state index in [0.29, 0.717) is 31.2 Å². The number of primary amides is 1. The van der Waals surface area contributed by atoms with Gasteiger partial charge in [-0.2, -0.15) is 0 Å². The SMILES string of the molecule is CCC1=C(C(=O)OCC2CC2)N2CCCN(c3c(C)cc(C)cc3C)C2N1CCC(N)=O. The van der Waals surface area contributed by atoms with Crippen LogP contribution in [0.4, 0.5) is 5.69 Å². The van der Waals surface area contributed by atoms with Crippen LogP contribution in [0.15, 0.2) is 23.5 Å². The second-order valence-electron chi connectivity index (χ2n) is 9.43. The summed E-state index contributed by atoms with van der Waals surface area (Å²) in [5.74, 6) is -0.0511. The minimum atomic E-state index is -0.332. The van der Waals surface area contributed by atoms with Gasteiger partial charge in [-0.15, -0.1) is 0 Å². The predicted molar refractivity (Wildman–Crippen MR) is 125 cm³/mol. The number of anilines is 1. The minimum absolute atomic E-state index is 0.151. The first-order valence-corrected chi connectivity index (χ1v) is 11.9. The van der Waals surface area contributed by atoms with Crippen molar-refractivity contribution < 1.29 is 14.3 Å². The number of hydrogen-bond donors (Lipinski definition) is 1. The molecule has 1 unspecified atom stereocenters. The lowest BCUT2D eigenvalue weighted by molar-refractivity contribution is -0.141. The van der Waals surface area contributed by atoms with E-state index in [1.165, 1.54) is 22.4 Å². The smallest absolute Gasteiger partial charge is 0.356 e. The number of benzene rings is 1. The molecule has 0 aromatic heterocycles. The molecule has 1 aliphatic carbocycles. The third-order valence-corrected chi connectivity index (χ3v) is 6.74. The monoisotopic (exact) mass is 440 g/mol. The maximum absolute atomic E-state index is 13.2. The Balaban J connectivity index is 1.72. The summed E-state index contributed by atoms with van der Waals surface area (Å²) in [6.07, 6.45) is 4.02. The van der Waals surface area contributed by atoms with Gasteiger partial charge in [0.1, 0.15) is 5.70 Å². The Morgan fingerprint density at radius 3 is 2.34 bits per heavy atom. The van der Waals surface area contributed by atoms with E-state index < -0.39 is 0 Å². The number of nitrogens with zero attached hydrogens (tertiary/aromatic N) is 3. The first-order chi connectivity index (χ1) is 15.3. The number of carbonyl (C=O) groups excluding carboxylic acids is 2. The maximum Gasteiger partial charge on any atom is 0.356 e. The fourth-order valence-corrected chi connectivity index (χ4v) is 5.30. The van der Waals surface area contributed by atoms with E-state index in [9.17, 15) is 9.59 Å². The van der Waals surface area contributed by atoms with Gasteiger partial charge in [0.15, 0.2) is 6.29 Å². The summed E-state index contributed by atoms with van der Waals surface area (Å²) in [5.41, 5.74) is 12.0. The summed E-state index contributed by atoms with van der Waals surface area (Å²) in [6.45, 7) is 11.1. The maximum atomic E-state index is 13.2. The number of amides is 1. The van der Waals surface area contributed by atoms with E-state index in [1.54, 1.807) is 0 Å². The summed E-state index contributed by atoms with van der Waals surface area (Å²) in [6, 6.07) is 4.42. The molecule has 0 spiro atoms. The van der Waals surface area contributed by atoms with E-state index in [4.69, 9.17) is 10.5 Å². The number of hydrogen-bond acceptors (Lipinski definition) is 6. The van der Waals surface area contributed by atoms with Crippen LogP contribution in [0.1, 0.15) is 55.7 Å². The summed E-state index contributed by atoms with van der Waals surface area (Å²) in [5, 5.41) is 0. The van der Waals surface area contributed by atoms with Crippen molar-refractivity contribution >= 4 is 17.6 Å².